The molecule has 0 aliphatic carbocycles. The normalized spacial score (nSPS) is 11.3. The van der Waals surface area contributed by atoms with Crippen molar-refractivity contribution in [2.24, 2.45) is 11.7 Å². The van der Waals surface area contributed by atoms with Crippen molar-refractivity contribution in [2.75, 3.05) is 11.9 Å². The Hall–Kier alpha value is -1.88. The number of amides is 2. The Morgan fingerprint density at radius 3 is 2.20 bits per heavy atom. The third kappa shape index (κ3) is 5.40. The molecule has 5 nitrogen and oxygen atoms in total. The van der Waals surface area contributed by atoms with Gasteiger partial charge in [-0.05, 0) is 38.1 Å². The number of anilines is 1. The molecule has 0 radical (unpaired) electrons. The number of hydrogen-bond donors (Lipinski definition) is 3. The van der Waals surface area contributed by atoms with Crippen LogP contribution in [0.3, 0.4) is 0 Å². The maximum atomic E-state index is 11.9. The smallest absolute Gasteiger partial charge is 0.251 e. The van der Waals surface area contributed by atoms with Crippen LogP contribution >= 0.6 is 0 Å². The Morgan fingerprint density at radius 2 is 1.75 bits per heavy atom. The predicted octanol–water partition coefficient (Wildman–Crippen LogP) is 1.75. The van der Waals surface area contributed by atoms with Crippen molar-refractivity contribution in [3.05, 3.63) is 29.8 Å². The Balaban J connectivity index is 2.62. The molecule has 0 fully saturated rings. The molecule has 20 heavy (non-hydrogen) atoms. The topological polar surface area (TPSA) is 84.2 Å². The van der Waals surface area contributed by atoms with Crippen LogP contribution in [0.15, 0.2) is 24.3 Å². The van der Waals surface area contributed by atoms with Gasteiger partial charge in [0.15, 0.2) is 0 Å². The SMILES string of the molecule is CC(C)C(=O)Nc1ccc(C(=O)NCC(C)(C)N)cc1. The lowest BCUT2D eigenvalue weighted by Gasteiger charge is -2.18. The lowest BCUT2D eigenvalue weighted by atomic mass is 10.1. The number of carbonyl (C=O) groups excluding carboxylic acids is 2. The quantitative estimate of drug-likeness (QED) is 0.766. The molecule has 1 aromatic rings. The Kier molecular flexibility index (Phi) is 5.27. The van der Waals surface area contributed by atoms with Gasteiger partial charge in [0.1, 0.15) is 0 Å². The van der Waals surface area contributed by atoms with Gasteiger partial charge in [0.25, 0.3) is 5.91 Å². The van der Waals surface area contributed by atoms with Crippen molar-refractivity contribution in [3.8, 4) is 0 Å². The van der Waals surface area contributed by atoms with E-state index in [0.29, 0.717) is 17.8 Å². The first-order valence-electron chi connectivity index (χ1n) is 6.67. The van der Waals surface area contributed by atoms with E-state index in [-0.39, 0.29) is 17.7 Å². The molecular weight excluding hydrogens is 254 g/mol. The maximum absolute atomic E-state index is 11.9. The number of nitrogens with one attached hydrogen (secondary N) is 2. The van der Waals surface area contributed by atoms with E-state index >= 15 is 0 Å². The van der Waals surface area contributed by atoms with E-state index in [2.05, 4.69) is 10.6 Å². The van der Waals surface area contributed by atoms with Crippen LogP contribution in [0.1, 0.15) is 38.1 Å². The fourth-order valence-corrected chi connectivity index (χ4v) is 1.40. The maximum Gasteiger partial charge on any atom is 0.251 e. The Labute approximate surface area is 119 Å². The van der Waals surface area contributed by atoms with Gasteiger partial charge < -0.3 is 16.4 Å². The minimum absolute atomic E-state index is 0.0490. The summed E-state index contributed by atoms with van der Waals surface area (Å²) in [5, 5.41) is 5.54. The predicted molar refractivity (Wildman–Crippen MR) is 80.5 cm³/mol. The van der Waals surface area contributed by atoms with E-state index in [9.17, 15) is 9.59 Å². The number of benzene rings is 1. The molecule has 2 amide bonds. The molecule has 0 bridgehead atoms. The third-order valence-corrected chi connectivity index (χ3v) is 2.64. The second-order valence-electron chi connectivity index (χ2n) is 5.89. The molecule has 0 saturated heterocycles. The summed E-state index contributed by atoms with van der Waals surface area (Å²) in [4.78, 5) is 23.4. The lowest BCUT2D eigenvalue weighted by molar-refractivity contribution is -0.118. The number of nitrogens with two attached hydrogens (primary N) is 1. The second-order valence-corrected chi connectivity index (χ2v) is 5.89. The van der Waals surface area contributed by atoms with Crippen LogP contribution in [-0.2, 0) is 4.79 Å². The average Bonchev–Trinajstić information content (AvgIpc) is 2.35. The molecule has 1 aromatic carbocycles. The Morgan fingerprint density at radius 1 is 1.20 bits per heavy atom. The molecule has 0 aliphatic rings. The van der Waals surface area contributed by atoms with E-state index in [0.717, 1.165) is 0 Å². The molecule has 110 valence electrons. The Bertz CT molecular complexity index is 473. The van der Waals surface area contributed by atoms with Gasteiger partial charge in [0.05, 0.1) is 0 Å². The van der Waals surface area contributed by atoms with Gasteiger partial charge in [-0.1, -0.05) is 13.8 Å². The number of hydrogen-bond acceptors (Lipinski definition) is 3. The zero-order valence-electron chi connectivity index (χ0n) is 12.5. The first kappa shape index (κ1) is 16.2. The summed E-state index contributed by atoms with van der Waals surface area (Å²) in [5.74, 6) is -0.304. The summed E-state index contributed by atoms with van der Waals surface area (Å²) in [6, 6.07) is 6.77. The van der Waals surface area contributed by atoms with E-state index < -0.39 is 5.54 Å². The molecule has 5 heteroatoms. The van der Waals surface area contributed by atoms with Gasteiger partial charge in [-0.2, -0.15) is 0 Å². The molecule has 4 N–H and O–H groups in total. The van der Waals surface area contributed by atoms with E-state index in [1.807, 2.05) is 27.7 Å². The van der Waals surface area contributed by atoms with Gasteiger partial charge >= 0.3 is 0 Å². The summed E-state index contributed by atoms with van der Waals surface area (Å²) in [6.07, 6.45) is 0. The van der Waals surface area contributed by atoms with Crippen LogP contribution in [0.25, 0.3) is 0 Å². The van der Waals surface area contributed by atoms with Crippen LogP contribution in [-0.4, -0.2) is 23.9 Å². The minimum atomic E-state index is -0.444. The van der Waals surface area contributed by atoms with Gasteiger partial charge in [-0.15, -0.1) is 0 Å². The fourth-order valence-electron chi connectivity index (χ4n) is 1.40. The monoisotopic (exact) mass is 277 g/mol. The number of rotatable bonds is 5. The molecular formula is C15H23N3O2. The average molecular weight is 277 g/mol. The van der Waals surface area contributed by atoms with Gasteiger partial charge in [-0.25, -0.2) is 0 Å². The zero-order valence-corrected chi connectivity index (χ0v) is 12.5. The van der Waals surface area contributed by atoms with Crippen LogP contribution in [0, 0.1) is 5.92 Å². The fraction of sp³-hybridized carbons (Fsp3) is 0.467. The molecule has 0 unspecified atom stereocenters. The van der Waals surface area contributed by atoms with Gasteiger partial charge in [0, 0.05) is 29.3 Å². The highest BCUT2D eigenvalue weighted by Gasteiger charge is 2.13. The first-order valence-corrected chi connectivity index (χ1v) is 6.67. The molecule has 1 rings (SSSR count). The lowest BCUT2D eigenvalue weighted by Crippen LogP contribution is -2.45. The van der Waals surface area contributed by atoms with Crippen LogP contribution in [0.5, 0.6) is 0 Å². The van der Waals surface area contributed by atoms with Crippen molar-refractivity contribution in [1.82, 2.24) is 5.32 Å². The molecule has 0 spiro atoms. The van der Waals surface area contributed by atoms with Crippen molar-refractivity contribution in [3.63, 3.8) is 0 Å². The number of carbonyl (C=O) groups is 2. The van der Waals surface area contributed by atoms with Crippen LogP contribution < -0.4 is 16.4 Å². The highest BCUT2D eigenvalue weighted by Crippen LogP contribution is 2.11. The molecule has 0 saturated carbocycles. The largest absolute Gasteiger partial charge is 0.350 e. The van der Waals surface area contributed by atoms with Crippen molar-refractivity contribution < 1.29 is 9.59 Å². The highest BCUT2D eigenvalue weighted by molar-refractivity contribution is 5.96. The van der Waals surface area contributed by atoms with Gasteiger partial charge in [-0.3, -0.25) is 9.59 Å². The molecule has 0 heterocycles. The van der Waals surface area contributed by atoms with Crippen LogP contribution in [0.4, 0.5) is 5.69 Å². The summed E-state index contributed by atoms with van der Waals surface area (Å²) < 4.78 is 0. The second kappa shape index (κ2) is 6.52. The van der Waals surface area contributed by atoms with E-state index in [4.69, 9.17) is 5.73 Å². The third-order valence-electron chi connectivity index (χ3n) is 2.64. The first-order chi connectivity index (χ1) is 9.19. The molecule has 0 aliphatic heterocycles. The van der Waals surface area contributed by atoms with Crippen molar-refractivity contribution in [1.29, 1.82) is 0 Å². The zero-order chi connectivity index (χ0) is 15.3. The standard InChI is InChI=1S/C15H23N3O2/c1-10(2)13(19)18-12-7-5-11(6-8-12)14(20)17-9-15(3,4)16/h5-8,10H,9,16H2,1-4H3,(H,17,20)(H,18,19). The highest BCUT2D eigenvalue weighted by atomic mass is 16.2. The van der Waals surface area contributed by atoms with Crippen LogP contribution in [0.2, 0.25) is 0 Å². The summed E-state index contributed by atoms with van der Waals surface area (Å²) in [6.45, 7) is 7.74. The molecule has 0 atom stereocenters. The van der Waals surface area contributed by atoms with Crippen molar-refractivity contribution in [2.45, 2.75) is 33.2 Å². The summed E-state index contributed by atoms with van der Waals surface area (Å²) in [7, 11) is 0. The molecule has 0 aromatic heterocycles. The minimum Gasteiger partial charge on any atom is -0.350 e. The van der Waals surface area contributed by atoms with Crippen molar-refractivity contribution >= 4 is 17.5 Å². The summed E-state index contributed by atoms with van der Waals surface area (Å²) in [5.41, 5.74) is 6.58. The van der Waals surface area contributed by atoms with Gasteiger partial charge in [0.2, 0.25) is 5.91 Å². The summed E-state index contributed by atoms with van der Waals surface area (Å²) >= 11 is 0. The van der Waals surface area contributed by atoms with E-state index in [1.165, 1.54) is 0 Å². The van der Waals surface area contributed by atoms with E-state index in [1.54, 1.807) is 24.3 Å².